The zero-order chi connectivity index (χ0) is 21.8. The summed E-state index contributed by atoms with van der Waals surface area (Å²) in [7, 11) is 0. The van der Waals surface area contributed by atoms with Crippen LogP contribution < -0.4 is 0 Å². The van der Waals surface area contributed by atoms with Gasteiger partial charge in [-0.1, -0.05) is 39.8 Å². The topological polar surface area (TPSA) is 34.1 Å². The lowest BCUT2D eigenvalue weighted by atomic mass is 9.44. The van der Waals surface area contributed by atoms with Gasteiger partial charge in [-0.2, -0.15) is 0 Å². The summed E-state index contributed by atoms with van der Waals surface area (Å²) < 4.78 is 0. The van der Waals surface area contributed by atoms with Crippen LogP contribution in [0.3, 0.4) is 0 Å². The monoisotopic (exact) mass is 412 g/mol. The first-order valence-electron chi connectivity index (χ1n) is 12.8. The molecule has 9 atom stereocenters. The van der Waals surface area contributed by atoms with E-state index in [4.69, 9.17) is 0 Å². The van der Waals surface area contributed by atoms with Crippen LogP contribution in [-0.4, -0.2) is 11.6 Å². The molecule has 0 N–H and O–H groups in total. The molecule has 0 saturated heterocycles. The fourth-order valence-corrected chi connectivity index (χ4v) is 8.77. The number of hydrogen-bond donors (Lipinski definition) is 0. The number of allylic oxidation sites excluding steroid dienone is 1. The van der Waals surface area contributed by atoms with Crippen LogP contribution in [0.1, 0.15) is 98.8 Å². The van der Waals surface area contributed by atoms with E-state index in [1.807, 2.05) is 0 Å². The van der Waals surface area contributed by atoms with Crippen molar-refractivity contribution in [1.82, 2.24) is 0 Å². The van der Waals surface area contributed by atoms with Crippen molar-refractivity contribution < 1.29 is 9.59 Å². The molecule has 2 heteroatoms. The number of ketones is 2. The molecule has 4 fully saturated rings. The first kappa shape index (κ1) is 22.3. The van der Waals surface area contributed by atoms with Gasteiger partial charge in [0.25, 0.3) is 0 Å². The van der Waals surface area contributed by atoms with E-state index >= 15 is 0 Å². The summed E-state index contributed by atoms with van der Waals surface area (Å²) in [5, 5.41) is 0. The summed E-state index contributed by atoms with van der Waals surface area (Å²) in [5.74, 6) is 4.87. The van der Waals surface area contributed by atoms with E-state index in [0.717, 1.165) is 24.7 Å². The molecule has 0 heterocycles. The number of rotatable bonds is 5. The van der Waals surface area contributed by atoms with E-state index < -0.39 is 0 Å². The SMILES string of the molecule is C=C(C)[C@@H](C)CC[C@@H](C)[C@H]1CC[C@H]2[C@@H]3CC(=O)C4CC(=O)CC[C@]4(C)[C@H]3CC[C@]12C. The molecule has 0 radical (unpaired) electrons. The van der Waals surface area contributed by atoms with Gasteiger partial charge in [0.05, 0.1) is 0 Å². The van der Waals surface area contributed by atoms with Gasteiger partial charge >= 0.3 is 0 Å². The first-order chi connectivity index (χ1) is 14.1. The fourth-order valence-electron chi connectivity index (χ4n) is 8.77. The van der Waals surface area contributed by atoms with Crippen LogP contribution >= 0.6 is 0 Å². The molecule has 0 aromatic rings. The summed E-state index contributed by atoms with van der Waals surface area (Å²) in [4.78, 5) is 25.3. The maximum atomic E-state index is 13.2. The summed E-state index contributed by atoms with van der Waals surface area (Å²) >= 11 is 0. The molecule has 0 aliphatic heterocycles. The normalized spacial score (nSPS) is 45.3. The Kier molecular flexibility index (Phi) is 5.86. The average Bonchev–Trinajstić information content (AvgIpc) is 3.04. The molecule has 4 saturated carbocycles. The van der Waals surface area contributed by atoms with Crippen LogP contribution in [0, 0.1) is 52.3 Å². The van der Waals surface area contributed by atoms with E-state index in [2.05, 4.69) is 41.2 Å². The summed E-state index contributed by atoms with van der Waals surface area (Å²) in [6, 6.07) is 0. The van der Waals surface area contributed by atoms with Crippen molar-refractivity contribution in [3.8, 4) is 0 Å². The van der Waals surface area contributed by atoms with Crippen LogP contribution in [0.5, 0.6) is 0 Å². The highest BCUT2D eigenvalue weighted by Gasteiger charge is 2.62. The van der Waals surface area contributed by atoms with E-state index in [1.54, 1.807) is 0 Å². The van der Waals surface area contributed by atoms with Gasteiger partial charge < -0.3 is 0 Å². The lowest BCUT2D eigenvalue weighted by Crippen LogP contribution is -2.56. The Morgan fingerprint density at radius 1 is 1.00 bits per heavy atom. The second-order valence-corrected chi connectivity index (χ2v) is 12.4. The minimum absolute atomic E-state index is 0.0177. The van der Waals surface area contributed by atoms with E-state index in [0.29, 0.717) is 53.5 Å². The minimum Gasteiger partial charge on any atom is -0.300 e. The molecule has 4 rings (SSSR count). The van der Waals surface area contributed by atoms with Crippen LogP contribution in [0.4, 0.5) is 0 Å². The second-order valence-electron chi connectivity index (χ2n) is 12.4. The van der Waals surface area contributed by atoms with Crippen molar-refractivity contribution in [3.05, 3.63) is 12.2 Å². The molecule has 2 nitrogen and oxygen atoms in total. The zero-order valence-electron chi connectivity index (χ0n) is 20.1. The summed E-state index contributed by atoms with van der Waals surface area (Å²) in [5.41, 5.74) is 1.80. The molecule has 168 valence electrons. The second kappa shape index (κ2) is 7.89. The zero-order valence-corrected chi connectivity index (χ0v) is 20.1. The first-order valence-corrected chi connectivity index (χ1v) is 12.8. The van der Waals surface area contributed by atoms with Crippen molar-refractivity contribution in [3.63, 3.8) is 0 Å². The molecule has 0 aromatic heterocycles. The molecular formula is C28H44O2. The highest BCUT2D eigenvalue weighted by Crippen LogP contribution is 2.67. The van der Waals surface area contributed by atoms with Crippen LogP contribution in [0.2, 0.25) is 0 Å². The van der Waals surface area contributed by atoms with E-state index in [-0.39, 0.29) is 11.3 Å². The molecule has 0 amide bonds. The van der Waals surface area contributed by atoms with E-state index in [1.165, 1.54) is 44.1 Å². The number of carbonyl (C=O) groups excluding carboxylic acids is 2. The lowest BCUT2D eigenvalue weighted by molar-refractivity contribution is -0.159. The maximum absolute atomic E-state index is 13.2. The summed E-state index contributed by atoms with van der Waals surface area (Å²) in [6.07, 6.45) is 10.8. The highest BCUT2D eigenvalue weighted by molar-refractivity contribution is 5.90. The standard InChI is InChI=1S/C28H44O2/c1-17(2)18(3)7-8-19(4)22-9-10-23-21-16-26(30)25-15-20(29)11-13-28(25,6)24(21)12-14-27(22,23)5/h18-19,21-25H,1,7-16H2,2-6H3/t18-,19+,21-,22+,23-,24-,25?,27+,28+/m0/s1. The van der Waals surface area contributed by atoms with Crippen LogP contribution in [0.15, 0.2) is 12.2 Å². The smallest absolute Gasteiger partial charge is 0.137 e. The summed E-state index contributed by atoms with van der Waals surface area (Å²) in [6.45, 7) is 16.1. The van der Waals surface area contributed by atoms with Gasteiger partial charge in [-0.15, -0.1) is 0 Å². The third-order valence-electron chi connectivity index (χ3n) is 10.9. The highest BCUT2D eigenvalue weighted by atomic mass is 16.1. The van der Waals surface area contributed by atoms with Gasteiger partial charge in [-0.05, 0) is 98.2 Å². The largest absolute Gasteiger partial charge is 0.300 e. The molecule has 4 aliphatic rings. The van der Waals surface area contributed by atoms with Gasteiger partial charge in [0.2, 0.25) is 0 Å². The third kappa shape index (κ3) is 3.45. The number of hydrogen-bond acceptors (Lipinski definition) is 2. The van der Waals surface area contributed by atoms with Crippen LogP contribution in [0.25, 0.3) is 0 Å². The van der Waals surface area contributed by atoms with Crippen molar-refractivity contribution in [2.45, 2.75) is 98.8 Å². The minimum atomic E-state index is 0.0177. The number of fused-ring (bicyclic) bond motifs is 5. The Balaban J connectivity index is 1.51. The third-order valence-corrected chi connectivity index (χ3v) is 10.9. The number of carbonyl (C=O) groups is 2. The predicted molar refractivity (Wildman–Crippen MR) is 123 cm³/mol. The molecule has 1 unspecified atom stereocenters. The Morgan fingerprint density at radius 3 is 2.40 bits per heavy atom. The van der Waals surface area contributed by atoms with Crippen LogP contribution in [-0.2, 0) is 9.59 Å². The Bertz CT molecular complexity index is 722. The number of Topliss-reactive ketones (excluding diaryl/α,β-unsaturated/α-hetero) is 2. The van der Waals surface area contributed by atoms with E-state index in [9.17, 15) is 9.59 Å². The van der Waals surface area contributed by atoms with Crippen molar-refractivity contribution in [2.24, 2.45) is 52.3 Å². The molecular weight excluding hydrogens is 368 g/mol. The Hall–Kier alpha value is -0.920. The molecule has 0 spiro atoms. The van der Waals surface area contributed by atoms with Crippen molar-refractivity contribution in [2.75, 3.05) is 0 Å². The van der Waals surface area contributed by atoms with Crippen molar-refractivity contribution >= 4 is 11.6 Å². The maximum Gasteiger partial charge on any atom is 0.137 e. The van der Waals surface area contributed by atoms with Crippen molar-refractivity contribution in [1.29, 1.82) is 0 Å². The molecule has 4 aliphatic carbocycles. The average molecular weight is 413 g/mol. The van der Waals surface area contributed by atoms with Gasteiger partial charge in [0, 0.05) is 25.2 Å². The van der Waals surface area contributed by atoms with Gasteiger partial charge in [-0.25, -0.2) is 0 Å². The lowest BCUT2D eigenvalue weighted by Gasteiger charge is -2.59. The Labute approximate surface area is 184 Å². The molecule has 30 heavy (non-hydrogen) atoms. The Morgan fingerprint density at radius 2 is 1.70 bits per heavy atom. The predicted octanol–water partition coefficient (Wildman–Crippen LogP) is 7.02. The van der Waals surface area contributed by atoms with Gasteiger partial charge in [0.15, 0.2) is 0 Å². The molecule has 0 aromatic carbocycles. The van der Waals surface area contributed by atoms with Gasteiger partial charge in [0.1, 0.15) is 11.6 Å². The quantitative estimate of drug-likeness (QED) is 0.455. The fraction of sp³-hybridized carbons (Fsp3) is 0.857. The molecule has 0 bridgehead atoms. The van der Waals surface area contributed by atoms with Gasteiger partial charge in [-0.3, -0.25) is 9.59 Å².